The topological polar surface area (TPSA) is 41.1 Å². The van der Waals surface area contributed by atoms with Crippen LogP contribution >= 0.6 is 0 Å². The molecule has 0 heterocycles. The highest BCUT2D eigenvalue weighted by Crippen LogP contribution is 1.96. The molecule has 68 valence electrons. The molecule has 0 aromatic carbocycles. The van der Waals surface area contributed by atoms with Gasteiger partial charge in [0.1, 0.15) is 0 Å². The molecule has 3 nitrogen and oxygen atoms in total. The summed E-state index contributed by atoms with van der Waals surface area (Å²) in [5.74, 6) is 2.52. The molecular weight excluding hydrogens is 152 g/mol. The molecule has 0 saturated heterocycles. The van der Waals surface area contributed by atoms with Gasteiger partial charge in [0, 0.05) is 6.54 Å². The first-order valence-electron chi connectivity index (χ1n) is 4.01. The zero-order valence-corrected chi connectivity index (χ0v) is 7.90. The van der Waals surface area contributed by atoms with Crippen LogP contribution in [-0.2, 0) is 4.79 Å². The summed E-state index contributed by atoms with van der Waals surface area (Å²) in [7, 11) is 0. The van der Waals surface area contributed by atoms with E-state index in [0.717, 1.165) is 0 Å². The van der Waals surface area contributed by atoms with Crippen LogP contribution in [0, 0.1) is 12.3 Å². The number of carbonyl (C=O) groups is 1. The van der Waals surface area contributed by atoms with Crippen molar-refractivity contribution in [1.82, 2.24) is 10.6 Å². The van der Waals surface area contributed by atoms with E-state index in [2.05, 4.69) is 16.6 Å². The highest BCUT2D eigenvalue weighted by atomic mass is 16.1. The fourth-order valence-corrected chi connectivity index (χ4v) is 0.612. The van der Waals surface area contributed by atoms with Gasteiger partial charge in [0.15, 0.2) is 0 Å². The molecule has 0 aromatic heterocycles. The van der Waals surface area contributed by atoms with Crippen LogP contribution in [0.15, 0.2) is 0 Å². The first-order chi connectivity index (χ1) is 5.52. The fraction of sp³-hybridized carbons (Fsp3) is 0.667. The Bertz CT molecular complexity index is 191. The Morgan fingerprint density at radius 2 is 2.17 bits per heavy atom. The molecule has 0 rings (SSSR count). The van der Waals surface area contributed by atoms with Gasteiger partial charge in [0.2, 0.25) is 5.91 Å². The molecular formula is C9H16N2O. The first kappa shape index (κ1) is 11.0. The summed E-state index contributed by atoms with van der Waals surface area (Å²) in [6.07, 6.45) is 5.22. The van der Waals surface area contributed by atoms with Gasteiger partial charge in [0.25, 0.3) is 0 Å². The van der Waals surface area contributed by atoms with Crippen LogP contribution in [-0.4, -0.2) is 24.5 Å². The van der Waals surface area contributed by atoms with E-state index in [4.69, 9.17) is 6.42 Å². The standard InChI is InChI=1S/C9H16N2O/c1-5-9(3,4)11-7-8(12)10-6-2/h1,11H,6-7H2,2-4H3,(H,10,12). The van der Waals surface area contributed by atoms with Crippen molar-refractivity contribution in [1.29, 1.82) is 0 Å². The van der Waals surface area contributed by atoms with Gasteiger partial charge in [-0.3, -0.25) is 10.1 Å². The molecule has 12 heavy (non-hydrogen) atoms. The molecule has 3 heteroatoms. The number of amides is 1. The van der Waals surface area contributed by atoms with Crippen molar-refractivity contribution in [2.45, 2.75) is 26.3 Å². The van der Waals surface area contributed by atoms with E-state index in [1.807, 2.05) is 20.8 Å². The normalized spacial score (nSPS) is 10.5. The molecule has 0 radical (unpaired) electrons. The Balaban J connectivity index is 3.70. The quantitative estimate of drug-likeness (QED) is 0.586. The van der Waals surface area contributed by atoms with E-state index in [1.165, 1.54) is 0 Å². The number of terminal acetylenes is 1. The maximum atomic E-state index is 11.0. The summed E-state index contributed by atoms with van der Waals surface area (Å²) in [6, 6.07) is 0. The highest BCUT2D eigenvalue weighted by Gasteiger charge is 2.13. The Morgan fingerprint density at radius 1 is 1.58 bits per heavy atom. The molecule has 0 unspecified atom stereocenters. The smallest absolute Gasteiger partial charge is 0.233 e. The number of hydrogen-bond donors (Lipinski definition) is 2. The van der Waals surface area contributed by atoms with E-state index in [-0.39, 0.29) is 12.5 Å². The molecule has 2 N–H and O–H groups in total. The molecule has 0 bridgehead atoms. The Morgan fingerprint density at radius 3 is 2.58 bits per heavy atom. The lowest BCUT2D eigenvalue weighted by atomic mass is 10.1. The molecule has 0 fully saturated rings. The van der Waals surface area contributed by atoms with Crippen LogP contribution in [0.2, 0.25) is 0 Å². The first-order valence-corrected chi connectivity index (χ1v) is 4.01. The minimum atomic E-state index is -0.412. The molecule has 0 saturated carbocycles. The van der Waals surface area contributed by atoms with Crippen molar-refractivity contribution in [2.24, 2.45) is 0 Å². The van der Waals surface area contributed by atoms with Gasteiger partial charge in [-0.1, -0.05) is 5.92 Å². The van der Waals surface area contributed by atoms with Crippen molar-refractivity contribution in [3.05, 3.63) is 0 Å². The maximum absolute atomic E-state index is 11.0. The molecule has 0 aliphatic rings. The summed E-state index contributed by atoms with van der Waals surface area (Å²) >= 11 is 0. The molecule has 0 aromatic rings. The SMILES string of the molecule is C#CC(C)(C)NCC(=O)NCC. The zero-order chi connectivity index (χ0) is 9.61. The van der Waals surface area contributed by atoms with Crippen LogP contribution in [0.5, 0.6) is 0 Å². The Labute approximate surface area is 73.9 Å². The number of likely N-dealkylation sites (N-methyl/N-ethyl adjacent to an activating group) is 1. The number of carbonyl (C=O) groups excluding carboxylic acids is 1. The average molecular weight is 168 g/mol. The second kappa shape index (κ2) is 4.78. The fourth-order valence-electron chi connectivity index (χ4n) is 0.612. The third-order valence-corrected chi connectivity index (χ3v) is 1.43. The lowest BCUT2D eigenvalue weighted by Gasteiger charge is -2.18. The van der Waals surface area contributed by atoms with Crippen molar-refractivity contribution >= 4 is 5.91 Å². The number of hydrogen-bond acceptors (Lipinski definition) is 2. The molecule has 0 aliphatic heterocycles. The van der Waals surface area contributed by atoms with Crippen LogP contribution in [0.25, 0.3) is 0 Å². The van der Waals surface area contributed by atoms with Crippen molar-refractivity contribution < 1.29 is 4.79 Å². The summed E-state index contributed by atoms with van der Waals surface area (Å²) in [5.41, 5.74) is -0.412. The van der Waals surface area contributed by atoms with E-state index in [1.54, 1.807) is 0 Å². The van der Waals surface area contributed by atoms with E-state index in [9.17, 15) is 4.79 Å². The van der Waals surface area contributed by atoms with Gasteiger partial charge in [-0.25, -0.2) is 0 Å². The van der Waals surface area contributed by atoms with Gasteiger partial charge in [-0.15, -0.1) is 6.42 Å². The van der Waals surface area contributed by atoms with Crippen molar-refractivity contribution in [3.8, 4) is 12.3 Å². The molecule has 1 amide bonds. The third-order valence-electron chi connectivity index (χ3n) is 1.43. The second-order valence-electron chi connectivity index (χ2n) is 3.08. The summed E-state index contributed by atoms with van der Waals surface area (Å²) < 4.78 is 0. The van der Waals surface area contributed by atoms with E-state index < -0.39 is 5.54 Å². The van der Waals surface area contributed by atoms with Crippen LogP contribution in [0.1, 0.15) is 20.8 Å². The van der Waals surface area contributed by atoms with Crippen LogP contribution < -0.4 is 10.6 Å². The van der Waals surface area contributed by atoms with Gasteiger partial charge in [-0.05, 0) is 20.8 Å². The predicted octanol–water partition coefficient (Wildman–Crippen LogP) is 0.124. The van der Waals surface area contributed by atoms with E-state index in [0.29, 0.717) is 6.54 Å². The average Bonchev–Trinajstić information content (AvgIpc) is 2.02. The predicted molar refractivity (Wildman–Crippen MR) is 49.6 cm³/mol. The summed E-state index contributed by atoms with van der Waals surface area (Å²) in [6.45, 7) is 6.50. The second-order valence-corrected chi connectivity index (χ2v) is 3.08. The molecule has 0 atom stereocenters. The zero-order valence-electron chi connectivity index (χ0n) is 7.90. The maximum Gasteiger partial charge on any atom is 0.233 e. The Hall–Kier alpha value is -1.01. The van der Waals surface area contributed by atoms with Gasteiger partial charge >= 0.3 is 0 Å². The minimum absolute atomic E-state index is 0.0270. The lowest BCUT2D eigenvalue weighted by Crippen LogP contribution is -2.44. The van der Waals surface area contributed by atoms with Gasteiger partial charge in [0.05, 0.1) is 12.1 Å². The van der Waals surface area contributed by atoms with Crippen LogP contribution in [0.3, 0.4) is 0 Å². The molecule has 0 spiro atoms. The largest absolute Gasteiger partial charge is 0.355 e. The lowest BCUT2D eigenvalue weighted by molar-refractivity contribution is -0.120. The number of nitrogens with one attached hydrogen (secondary N) is 2. The van der Waals surface area contributed by atoms with Crippen molar-refractivity contribution in [3.63, 3.8) is 0 Å². The van der Waals surface area contributed by atoms with Gasteiger partial charge < -0.3 is 5.32 Å². The third kappa shape index (κ3) is 4.75. The summed E-state index contributed by atoms with van der Waals surface area (Å²) in [4.78, 5) is 11.0. The summed E-state index contributed by atoms with van der Waals surface area (Å²) in [5, 5.41) is 5.62. The highest BCUT2D eigenvalue weighted by molar-refractivity contribution is 5.78. The minimum Gasteiger partial charge on any atom is -0.355 e. The van der Waals surface area contributed by atoms with Crippen LogP contribution in [0.4, 0.5) is 0 Å². The van der Waals surface area contributed by atoms with Crippen molar-refractivity contribution in [2.75, 3.05) is 13.1 Å². The monoisotopic (exact) mass is 168 g/mol. The number of rotatable bonds is 4. The Kier molecular flexibility index (Phi) is 4.38. The molecule has 0 aliphatic carbocycles. The van der Waals surface area contributed by atoms with Gasteiger partial charge in [-0.2, -0.15) is 0 Å². The van der Waals surface area contributed by atoms with E-state index >= 15 is 0 Å².